The summed E-state index contributed by atoms with van der Waals surface area (Å²) in [5, 5.41) is 0. The van der Waals surface area contributed by atoms with E-state index in [0.717, 1.165) is 11.1 Å². The quantitative estimate of drug-likeness (QED) is 0.638. The number of hydrogen-bond acceptors (Lipinski definition) is 5. The number of rotatable bonds is 6. The number of ether oxygens (including phenoxy) is 2. The minimum absolute atomic E-state index is 0.0195. The van der Waals surface area contributed by atoms with Crippen LogP contribution in [0.1, 0.15) is 31.8 Å². The third kappa shape index (κ3) is 3.13. The molecule has 1 aliphatic rings. The molecule has 0 aliphatic carbocycles. The van der Waals surface area contributed by atoms with Crippen LogP contribution in [0, 0.1) is 0 Å². The van der Waals surface area contributed by atoms with Crippen molar-refractivity contribution in [3.05, 3.63) is 65.2 Å². The molecule has 1 aliphatic heterocycles. The lowest BCUT2D eigenvalue weighted by molar-refractivity contribution is 0.0594. The Labute approximate surface area is 151 Å². The first kappa shape index (κ1) is 17.5. The first-order chi connectivity index (χ1) is 12.6. The van der Waals surface area contributed by atoms with E-state index >= 15 is 0 Å². The molecule has 0 bridgehead atoms. The first-order valence-electron chi connectivity index (χ1n) is 8.20. The number of nitrogens with two attached hydrogens (primary N) is 1. The Morgan fingerprint density at radius 1 is 1.31 bits per heavy atom. The zero-order valence-electron chi connectivity index (χ0n) is 14.5. The highest BCUT2D eigenvalue weighted by molar-refractivity contribution is 5.99. The Balaban J connectivity index is 1.75. The third-order valence-corrected chi connectivity index (χ3v) is 4.33. The van der Waals surface area contributed by atoms with E-state index in [1.54, 1.807) is 23.1 Å². The van der Waals surface area contributed by atoms with Gasteiger partial charge >= 0.3 is 5.97 Å². The maximum absolute atomic E-state index is 12.4. The fourth-order valence-corrected chi connectivity index (χ4v) is 3.00. The standard InChI is InChI=1S/C20H20N2O4/c1-3-13-8-9-16(21)17(20(24)25-2)18(13)26-11-10-22-12-14-6-4-5-7-15(14)19(22)23/h3-9H,1,10-12,21H2,2H3. The number of nitrogen functional groups attached to an aromatic ring is 1. The fraction of sp³-hybridized carbons (Fsp3) is 0.200. The number of hydrogen-bond donors (Lipinski definition) is 1. The average Bonchev–Trinajstić information content (AvgIpc) is 2.97. The largest absolute Gasteiger partial charge is 0.490 e. The fourth-order valence-electron chi connectivity index (χ4n) is 3.00. The molecule has 2 aromatic carbocycles. The molecule has 0 unspecified atom stereocenters. The van der Waals surface area contributed by atoms with Crippen molar-refractivity contribution in [2.75, 3.05) is 26.0 Å². The summed E-state index contributed by atoms with van der Waals surface area (Å²) in [5.41, 5.74) is 8.71. The molecule has 2 N–H and O–H groups in total. The van der Waals surface area contributed by atoms with Crippen LogP contribution in [0.3, 0.4) is 0 Å². The number of nitrogens with zero attached hydrogens (tertiary/aromatic N) is 1. The smallest absolute Gasteiger partial charge is 0.343 e. The van der Waals surface area contributed by atoms with Gasteiger partial charge in [0.1, 0.15) is 17.9 Å². The molecule has 0 spiro atoms. The summed E-state index contributed by atoms with van der Waals surface area (Å²) < 4.78 is 10.6. The summed E-state index contributed by atoms with van der Waals surface area (Å²) in [6, 6.07) is 10.9. The number of carbonyl (C=O) groups excluding carboxylic acids is 2. The van der Waals surface area contributed by atoms with Gasteiger partial charge in [0.05, 0.1) is 13.7 Å². The maximum Gasteiger partial charge on any atom is 0.343 e. The van der Waals surface area contributed by atoms with E-state index in [-0.39, 0.29) is 23.8 Å². The predicted molar refractivity (Wildman–Crippen MR) is 99.0 cm³/mol. The first-order valence-corrected chi connectivity index (χ1v) is 8.20. The molecule has 1 amide bonds. The number of benzene rings is 2. The van der Waals surface area contributed by atoms with E-state index in [4.69, 9.17) is 15.2 Å². The molecular formula is C20H20N2O4. The van der Waals surface area contributed by atoms with Crippen molar-refractivity contribution >= 4 is 23.6 Å². The summed E-state index contributed by atoms with van der Waals surface area (Å²) in [6.07, 6.45) is 1.58. The molecule has 6 nitrogen and oxygen atoms in total. The van der Waals surface area contributed by atoms with Gasteiger partial charge in [0.25, 0.3) is 5.91 Å². The summed E-state index contributed by atoms with van der Waals surface area (Å²) >= 11 is 0. The van der Waals surface area contributed by atoms with Crippen LogP contribution < -0.4 is 10.5 Å². The van der Waals surface area contributed by atoms with Crippen LogP contribution in [-0.2, 0) is 11.3 Å². The second-order valence-electron chi connectivity index (χ2n) is 5.88. The van der Waals surface area contributed by atoms with Gasteiger partial charge in [0.15, 0.2) is 0 Å². The number of methoxy groups -OCH3 is 1. The van der Waals surface area contributed by atoms with E-state index < -0.39 is 5.97 Å². The molecule has 1 heterocycles. The van der Waals surface area contributed by atoms with Gasteiger partial charge in [-0.25, -0.2) is 4.79 Å². The minimum atomic E-state index is -0.578. The Morgan fingerprint density at radius 3 is 2.77 bits per heavy atom. The molecule has 26 heavy (non-hydrogen) atoms. The highest BCUT2D eigenvalue weighted by Gasteiger charge is 2.27. The van der Waals surface area contributed by atoms with Gasteiger partial charge < -0.3 is 20.1 Å². The second kappa shape index (κ2) is 7.31. The van der Waals surface area contributed by atoms with Gasteiger partial charge in [-0.3, -0.25) is 4.79 Å². The lowest BCUT2D eigenvalue weighted by atomic mass is 10.1. The van der Waals surface area contributed by atoms with Crippen molar-refractivity contribution in [2.45, 2.75) is 6.54 Å². The lowest BCUT2D eigenvalue weighted by Crippen LogP contribution is -2.29. The molecule has 0 saturated heterocycles. The van der Waals surface area contributed by atoms with Gasteiger partial charge in [-0.05, 0) is 23.8 Å². The molecular weight excluding hydrogens is 332 g/mol. The van der Waals surface area contributed by atoms with Gasteiger partial charge in [-0.1, -0.05) is 30.9 Å². The van der Waals surface area contributed by atoms with Gasteiger partial charge in [-0.15, -0.1) is 0 Å². The van der Waals surface area contributed by atoms with Gasteiger partial charge in [0, 0.05) is 23.4 Å². The van der Waals surface area contributed by atoms with Crippen molar-refractivity contribution in [1.82, 2.24) is 4.90 Å². The topological polar surface area (TPSA) is 81.9 Å². The lowest BCUT2D eigenvalue weighted by Gasteiger charge is -2.19. The molecule has 0 radical (unpaired) electrons. The van der Waals surface area contributed by atoms with Crippen LogP contribution >= 0.6 is 0 Å². The van der Waals surface area contributed by atoms with Crippen molar-refractivity contribution in [2.24, 2.45) is 0 Å². The number of amides is 1. The molecule has 0 saturated carbocycles. The summed E-state index contributed by atoms with van der Waals surface area (Å²) in [6.45, 7) is 4.89. The maximum atomic E-state index is 12.4. The zero-order chi connectivity index (χ0) is 18.7. The number of anilines is 1. The normalized spacial score (nSPS) is 12.7. The van der Waals surface area contributed by atoms with E-state index in [1.165, 1.54) is 7.11 Å². The summed E-state index contributed by atoms with van der Waals surface area (Å²) in [7, 11) is 1.28. The highest BCUT2D eigenvalue weighted by atomic mass is 16.5. The van der Waals surface area contributed by atoms with Gasteiger partial charge in [0.2, 0.25) is 0 Å². The van der Waals surface area contributed by atoms with Crippen molar-refractivity contribution in [3.8, 4) is 5.75 Å². The third-order valence-electron chi connectivity index (χ3n) is 4.33. The molecule has 3 rings (SSSR count). The van der Waals surface area contributed by atoms with Crippen LogP contribution in [0.15, 0.2) is 43.0 Å². The van der Waals surface area contributed by atoms with E-state index in [2.05, 4.69) is 6.58 Å². The predicted octanol–water partition coefficient (Wildman–Crippen LogP) is 2.73. The van der Waals surface area contributed by atoms with Crippen molar-refractivity contribution in [1.29, 1.82) is 0 Å². The summed E-state index contributed by atoms with van der Waals surface area (Å²) in [5.74, 6) is -0.282. The van der Waals surface area contributed by atoms with Crippen LogP contribution in [-0.4, -0.2) is 37.0 Å². The molecule has 0 fully saturated rings. The average molecular weight is 352 g/mol. The second-order valence-corrected chi connectivity index (χ2v) is 5.88. The number of esters is 1. The van der Waals surface area contributed by atoms with E-state index in [9.17, 15) is 9.59 Å². The molecule has 134 valence electrons. The Morgan fingerprint density at radius 2 is 2.08 bits per heavy atom. The monoisotopic (exact) mass is 352 g/mol. The summed E-state index contributed by atoms with van der Waals surface area (Å²) in [4.78, 5) is 26.2. The molecule has 6 heteroatoms. The number of fused-ring (bicyclic) bond motifs is 1. The highest BCUT2D eigenvalue weighted by Crippen LogP contribution is 2.31. The van der Waals surface area contributed by atoms with Crippen molar-refractivity contribution < 1.29 is 19.1 Å². The van der Waals surface area contributed by atoms with E-state index in [1.807, 2.05) is 24.3 Å². The van der Waals surface area contributed by atoms with Crippen molar-refractivity contribution in [3.63, 3.8) is 0 Å². The van der Waals surface area contributed by atoms with Gasteiger partial charge in [-0.2, -0.15) is 0 Å². The Hall–Kier alpha value is -3.28. The molecule has 2 aromatic rings. The molecule has 0 atom stereocenters. The zero-order valence-corrected chi connectivity index (χ0v) is 14.5. The SMILES string of the molecule is C=Cc1ccc(N)c(C(=O)OC)c1OCCN1Cc2ccccc2C1=O. The number of carbonyl (C=O) groups is 2. The van der Waals surface area contributed by atoms with Crippen LogP contribution in [0.25, 0.3) is 6.08 Å². The Bertz CT molecular complexity index is 876. The minimum Gasteiger partial charge on any atom is -0.490 e. The molecule has 0 aromatic heterocycles. The van der Waals surface area contributed by atoms with Crippen LogP contribution in [0.4, 0.5) is 5.69 Å². The van der Waals surface area contributed by atoms with E-state index in [0.29, 0.717) is 24.4 Å². The Kier molecular flexibility index (Phi) is 4.93. The van der Waals surface area contributed by atoms with Crippen LogP contribution in [0.2, 0.25) is 0 Å². The van der Waals surface area contributed by atoms with Crippen LogP contribution in [0.5, 0.6) is 5.75 Å².